The van der Waals surface area contributed by atoms with E-state index in [1.807, 2.05) is 18.2 Å². The molecule has 1 atom stereocenters. The lowest BCUT2D eigenvalue weighted by molar-refractivity contribution is 0.480. The van der Waals surface area contributed by atoms with Crippen molar-refractivity contribution in [3.05, 3.63) is 48.0 Å². The SMILES string of the molecule is CCN(C)c1cccc(C)c1Pc1ccccc1O. The van der Waals surface area contributed by atoms with Crippen LogP contribution in [-0.2, 0) is 0 Å². The van der Waals surface area contributed by atoms with Crippen LogP contribution >= 0.6 is 8.58 Å². The average molecular weight is 273 g/mol. The topological polar surface area (TPSA) is 23.5 Å². The Labute approximate surface area is 116 Å². The zero-order chi connectivity index (χ0) is 13.8. The van der Waals surface area contributed by atoms with Crippen LogP contribution in [-0.4, -0.2) is 18.7 Å². The van der Waals surface area contributed by atoms with Crippen LogP contribution in [0.15, 0.2) is 42.5 Å². The molecule has 0 amide bonds. The number of rotatable bonds is 4. The van der Waals surface area contributed by atoms with E-state index in [9.17, 15) is 5.11 Å². The largest absolute Gasteiger partial charge is 0.507 e. The van der Waals surface area contributed by atoms with E-state index in [-0.39, 0.29) is 0 Å². The number of hydrogen-bond donors (Lipinski definition) is 1. The van der Waals surface area contributed by atoms with Crippen molar-refractivity contribution in [2.45, 2.75) is 13.8 Å². The van der Waals surface area contributed by atoms with Gasteiger partial charge in [-0.25, -0.2) is 0 Å². The Kier molecular flexibility index (Phi) is 4.44. The molecule has 0 bridgehead atoms. The first-order chi connectivity index (χ1) is 9.13. The highest BCUT2D eigenvalue weighted by Gasteiger charge is 2.11. The molecule has 0 spiro atoms. The van der Waals surface area contributed by atoms with E-state index in [0.717, 1.165) is 11.8 Å². The van der Waals surface area contributed by atoms with Gasteiger partial charge in [0.25, 0.3) is 0 Å². The van der Waals surface area contributed by atoms with E-state index in [0.29, 0.717) is 14.3 Å². The first-order valence-corrected chi connectivity index (χ1v) is 7.49. The molecule has 0 aromatic heterocycles. The third-order valence-corrected chi connectivity index (χ3v) is 4.89. The summed E-state index contributed by atoms with van der Waals surface area (Å²) >= 11 is 0. The van der Waals surface area contributed by atoms with Crippen molar-refractivity contribution in [1.29, 1.82) is 0 Å². The van der Waals surface area contributed by atoms with Crippen molar-refractivity contribution < 1.29 is 5.11 Å². The van der Waals surface area contributed by atoms with Gasteiger partial charge in [0.2, 0.25) is 0 Å². The van der Waals surface area contributed by atoms with E-state index in [4.69, 9.17) is 0 Å². The van der Waals surface area contributed by atoms with Crippen LogP contribution in [0.4, 0.5) is 5.69 Å². The molecule has 1 N–H and O–H groups in total. The van der Waals surface area contributed by atoms with Crippen LogP contribution in [0.3, 0.4) is 0 Å². The smallest absolute Gasteiger partial charge is 0.123 e. The number of hydrogen-bond acceptors (Lipinski definition) is 2. The molecule has 0 aliphatic heterocycles. The first kappa shape index (κ1) is 13.9. The maximum absolute atomic E-state index is 9.94. The van der Waals surface area contributed by atoms with Crippen LogP contribution in [0.25, 0.3) is 0 Å². The Balaban J connectivity index is 2.42. The molecule has 2 nitrogen and oxygen atoms in total. The van der Waals surface area contributed by atoms with Crippen molar-refractivity contribution in [3.63, 3.8) is 0 Å². The number of nitrogens with zero attached hydrogens (tertiary/aromatic N) is 1. The molecule has 0 saturated heterocycles. The summed E-state index contributed by atoms with van der Waals surface area (Å²) in [5.41, 5.74) is 2.53. The maximum Gasteiger partial charge on any atom is 0.123 e. The van der Waals surface area contributed by atoms with Crippen LogP contribution in [0.1, 0.15) is 12.5 Å². The molecule has 0 heterocycles. The van der Waals surface area contributed by atoms with Gasteiger partial charge in [0.1, 0.15) is 5.75 Å². The third-order valence-electron chi connectivity index (χ3n) is 3.30. The summed E-state index contributed by atoms with van der Waals surface area (Å²) in [6.45, 7) is 5.26. The molecular formula is C16H20NOP. The molecule has 2 aromatic rings. The van der Waals surface area contributed by atoms with Gasteiger partial charge in [-0.3, -0.25) is 0 Å². The zero-order valence-corrected chi connectivity index (χ0v) is 12.6. The Morgan fingerprint density at radius 3 is 2.53 bits per heavy atom. The fourth-order valence-corrected chi connectivity index (χ4v) is 3.36. The first-order valence-electron chi connectivity index (χ1n) is 6.49. The Bertz CT molecular complexity index is 568. The van der Waals surface area contributed by atoms with Crippen molar-refractivity contribution in [1.82, 2.24) is 0 Å². The minimum absolute atomic E-state index is 0.384. The van der Waals surface area contributed by atoms with E-state index in [2.05, 4.69) is 44.0 Å². The predicted molar refractivity (Wildman–Crippen MR) is 85.8 cm³/mol. The normalized spacial score (nSPS) is 11.1. The van der Waals surface area contributed by atoms with Crippen LogP contribution in [0.5, 0.6) is 5.75 Å². The lowest BCUT2D eigenvalue weighted by Gasteiger charge is -2.22. The summed E-state index contributed by atoms with van der Waals surface area (Å²) < 4.78 is 0. The van der Waals surface area contributed by atoms with Gasteiger partial charge in [0, 0.05) is 29.9 Å². The zero-order valence-electron chi connectivity index (χ0n) is 11.6. The van der Waals surface area contributed by atoms with Crippen LogP contribution in [0, 0.1) is 6.92 Å². The summed E-state index contributed by atoms with van der Waals surface area (Å²) in [7, 11) is 2.58. The number of aromatic hydroxyl groups is 1. The van der Waals surface area contributed by atoms with Crippen molar-refractivity contribution in [3.8, 4) is 5.75 Å². The van der Waals surface area contributed by atoms with Gasteiger partial charge in [-0.15, -0.1) is 0 Å². The summed E-state index contributed by atoms with van der Waals surface area (Å²) in [6.07, 6.45) is 0. The lowest BCUT2D eigenvalue weighted by Crippen LogP contribution is -2.23. The van der Waals surface area contributed by atoms with Crippen LogP contribution in [0.2, 0.25) is 0 Å². The number of para-hydroxylation sites is 1. The molecule has 0 aliphatic carbocycles. The molecule has 19 heavy (non-hydrogen) atoms. The monoisotopic (exact) mass is 273 g/mol. The van der Waals surface area contributed by atoms with E-state index >= 15 is 0 Å². The van der Waals surface area contributed by atoms with E-state index < -0.39 is 0 Å². The van der Waals surface area contributed by atoms with Crippen molar-refractivity contribution in [2.24, 2.45) is 0 Å². The molecule has 0 saturated carbocycles. The van der Waals surface area contributed by atoms with Gasteiger partial charge < -0.3 is 10.0 Å². The third kappa shape index (κ3) is 3.08. The summed E-state index contributed by atoms with van der Waals surface area (Å²) in [6, 6.07) is 14.0. The number of anilines is 1. The lowest BCUT2D eigenvalue weighted by atomic mass is 10.2. The number of phenols is 1. The Morgan fingerprint density at radius 1 is 1.11 bits per heavy atom. The minimum Gasteiger partial charge on any atom is -0.507 e. The van der Waals surface area contributed by atoms with Gasteiger partial charge in [0.05, 0.1) is 0 Å². The molecular weight excluding hydrogens is 253 g/mol. The van der Waals surface area contributed by atoms with Crippen LogP contribution < -0.4 is 15.5 Å². The number of aryl methyl sites for hydroxylation is 1. The van der Waals surface area contributed by atoms with Gasteiger partial charge in [0.15, 0.2) is 0 Å². The fraction of sp³-hybridized carbons (Fsp3) is 0.250. The molecule has 2 rings (SSSR count). The fourth-order valence-electron chi connectivity index (χ4n) is 2.02. The second kappa shape index (κ2) is 6.08. The second-order valence-electron chi connectivity index (χ2n) is 4.63. The molecule has 0 aliphatic rings. The summed E-state index contributed by atoms with van der Waals surface area (Å²) in [5.74, 6) is 0.384. The minimum atomic E-state index is 0.384. The summed E-state index contributed by atoms with van der Waals surface area (Å²) in [4.78, 5) is 2.25. The van der Waals surface area contributed by atoms with Gasteiger partial charge >= 0.3 is 0 Å². The number of benzene rings is 2. The summed E-state index contributed by atoms with van der Waals surface area (Å²) in [5, 5.41) is 12.3. The highest BCUT2D eigenvalue weighted by atomic mass is 31.1. The maximum atomic E-state index is 9.94. The van der Waals surface area contributed by atoms with E-state index in [1.165, 1.54) is 16.6 Å². The average Bonchev–Trinajstić information content (AvgIpc) is 2.42. The quantitative estimate of drug-likeness (QED) is 0.866. The van der Waals surface area contributed by atoms with Crippen molar-refractivity contribution in [2.75, 3.05) is 18.5 Å². The Hall–Kier alpha value is -1.53. The molecule has 1 unspecified atom stereocenters. The molecule has 0 radical (unpaired) electrons. The second-order valence-corrected chi connectivity index (χ2v) is 5.91. The highest BCUT2D eigenvalue weighted by molar-refractivity contribution is 7.56. The molecule has 3 heteroatoms. The molecule has 0 fully saturated rings. The van der Waals surface area contributed by atoms with Gasteiger partial charge in [-0.05, 0) is 31.5 Å². The van der Waals surface area contributed by atoms with Crippen molar-refractivity contribution >= 4 is 24.9 Å². The van der Waals surface area contributed by atoms with Gasteiger partial charge in [-0.1, -0.05) is 38.9 Å². The van der Waals surface area contributed by atoms with E-state index in [1.54, 1.807) is 6.07 Å². The predicted octanol–water partition coefficient (Wildman–Crippen LogP) is 2.79. The number of phenolic OH excluding ortho intramolecular Hbond substituents is 1. The molecule has 2 aromatic carbocycles. The highest BCUT2D eigenvalue weighted by Crippen LogP contribution is 2.25. The van der Waals surface area contributed by atoms with Gasteiger partial charge in [-0.2, -0.15) is 0 Å². The molecule has 100 valence electrons. The standard InChI is InChI=1S/C16H20NOP/c1-4-17(3)13-9-7-8-12(2)16(13)19-15-11-6-5-10-14(15)18/h5-11,18-19H,4H2,1-3H3. The Morgan fingerprint density at radius 2 is 1.84 bits per heavy atom.